The van der Waals surface area contributed by atoms with E-state index in [1.807, 2.05) is 0 Å². The van der Waals surface area contributed by atoms with Crippen LogP contribution in [0.1, 0.15) is 26.7 Å². The third kappa shape index (κ3) is 6.76. The maximum Gasteiger partial charge on any atom is 0.303 e. The van der Waals surface area contributed by atoms with E-state index in [-0.39, 0.29) is 25.1 Å². The molecular formula is C9H19NO5S. The highest BCUT2D eigenvalue weighted by Gasteiger charge is 2.24. The summed E-state index contributed by atoms with van der Waals surface area (Å²) in [6, 6.07) is 0. The molecule has 96 valence electrons. The van der Waals surface area contributed by atoms with Gasteiger partial charge in [-0.1, -0.05) is 0 Å². The van der Waals surface area contributed by atoms with Crippen LogP contribution in [0, 0.1) is 0 Å². The van der Waals surface area contributed by atoms with E-state index < -0.39 is 21.6 Å². The largest absolute Gasteiger partial charge is 0.481 e. The molecule has 0 atom stereocenters. The molecule has 0 unspecified atom stereocenters. The zero-order chi connectivity index (χ0) is 13.0. The summed E-state index contributed by atoms with van der Waals surface area (Å²) >= 11 is 0. The van der Waals surface area contributed by atoms with Gasteiger partial charge in [0, 0.05) is 20.0 Å². The summed E-state index contributed by atoms with van der Waals surface area (Å²) < 4.78 is 24.3. The molecule has 0 aromatic rings. The number of carboxylic acid groups (broad SMARTS) is 1. The summed E-state index contributed by atoms with van der Waals surface area (Å²) in [5, 5.41) is 17.9. The Morgan fingerprint density at radius 2 is 1.88 bits per heavy atom. The van der Waals surface area contributed by atoms with Gasteiger partial charge in [-0.25, -0.2) is 12.7 Å². The van der Waals surface area contributed by atoms with Crippen LogP contribution in [0.25, 0.3) is 0 Å². The van der Waals surface area contributed by atoms with E-state index in [1.54, 1.807) is 0 Å². The van der Waals surface area contributed by atoms with Crippen molar-refractivity contribution in [3.63, 3.8) is 0 Å². The molecule has 0 aliphatic heterocycles. The summed E-state index contributed by atoms with van der Waals surface area (Å²) in [5.74, 6) is -1.23. The van der Waals surface area contributed by atoms with Crippen molar-refractivity contribution >= 4 is 16.0 Å². The van der Waals surface area contributed by atoms with Crippen molar-refractivity contribution in [1.29, 1.82) is 0 Å². The van der Waals surface area contributed by atoms with E-state index in [0.29, 0.717) is 0 Å². The van der Waals surface area contributed by atoms with Gasteiger partial charge in [0.25, 0.3) is 0 Å². The number of sulfonamides is 1. The molecule has 0 aromatic carbocycles. The molecule has 0 rings (SSSR count). The predicted molar refractivity (Wildman–Crippen MR) is 59.6 cm³/mol. The Kier molecular flexibility index (Phi) is 5.37. The number of aliphatic hydroxyl groups is 1. The van der Waals surface area contributed by atoms with E-state index >= 15 is 0 Å². The van der Waals surface area contributed by atoms with Gasteiger partial charge in [0.15, 0.2) is 0 Å². The number of carbonyl (C=O) groups is 1. The summed E-state index contributed by atoms with van der Waals surface area (Å²) in [5.41, 5.74) is -1.10. The SMILES string of the molecule is CN(CC(C)(C)O)S(=O)(=O)CCCC(=O)O. The molecule has 0 aliphatic carbocycles. The van der Waals surface area contributed by atoms with E-state index in [0.717, 1.165) is 4.31 Å². The Morgan fingerprint density at radius 3 is 2.25 bits per heavy atom. The lowest BCUT2D eigenvalue weighted by Gasteiger charge is -2.24. The molecule has 0 fully saturated rings. The molecule has 0 spiro atoms. The van der Waals surface area contributed by atoms with E-state index in [2.05, 4.69) is 0 Å². The van der Waals surface area contributed by atoms with Gasteiger partial charge >= 0.3 is 5.97 Å². The normalized spacial score (nSPS) is 13.1. The first-order valence-corrected chi connectivity index (χ1v) is 6.54. The van der Waals surface area contributed by atoms with Crippen LogP contribution < -0.4 is 0 Å². The zero-order valence-corrected chi connectivity index (χ0v) is 10.6. The standard InChI is InChI=1S/C9H19NO5S/c1-9(2,13)7-10(3)16(14,15)6-4-5-8(11)12/h13H,4-7H2,1-3H3,(H,11,12). The molecule has 0 radical (unpaired) electrons. The molecule has 2 N–H and O–H groups in total. The van der Waals surface area contributed by atoms with E-state index in [1.165, 1.54) is 20.9 Å². The van der Waals surface area contributed by atoms with Gasteiger partial charge in [0.1, 0.15) is 0 Å². The zero-order valence-electron chi connectivity index (χ0n) is 9.80. The fourth-order valence-corrected chi connectivity index (χ4v) is 2.54. The van der Waals surface area contributed by atoms with Crippen LogP contribution in [0.5, 0.6) is 0 Å². The lowest BCUT2D eigenvalue weighted by molar-refractivity contribution is -0.137. The summed E-state index contributed by atoms with van der Waals surface area (Å²) in [6.45, 7) is 3.01. The highest BCUT2D eigenvalue weighted by Crippen LogP contribution is 2.09. The molecule has 0 aromatic heterocycles. The molecular weight excluding hydrogens is 234 g/mol. The van der Waals surface area contributed by atoms with Crippen molar-refractivity contribution in [2.75, 3.05) is 19.3 Å². The highest BCUT2D eigenvalue weighted by atomic mass is 32.2. The number of hydrogen-bond acceptors (Lipinski definition) is 4. The quantitative estimate of drug-likeness (QED) is 0.659. The Hall–Kier alpha value is -0.660. The molecule has 0 bridgehead atoms. The monoisotopic (exact) mass is 253 g/mol. The van der Waals surface area contributed by atoms with Gasteiger partial charge in [0.05, 0.1) is 11.4 Å². The molecule has 0 heterocycles. The molecule has 16 heavy (non-hydrogen) atoms. The van der Waals surface area contributed by atoms with Crippen molar-refractivity contribution < 1.29 is 23.4 Å². The van der Waals surface area contributed by atoms with Crippen LogP contribution in [0.4, 0.5) is 0 Å². The van der Waals surface area contributed by atoms with Gasteiger partial charge in [-0.3, -0.25) is 4.79 Å². The maximum atomic E-state index is 11.6. The number of rotatable bonds is 7. The Labute approximate surface area is 95.9 Å². The van der Waals surface area contributed by atoms with Gasteiger partial charge in [-0.15, -0.1) is 0 Å². The van der Waals surface area contributed by atoms with Crippen molar-refractivity contribution in [3.8, 4) is 0 Å². The van der Waals surface area contributed by atoms with Crippen LogP contribution in [0.3, 0.4) is 0 Å². The van der Waals surface area contributed by atoms with E-state index in [9.17, 15) is 18.3 Å². The third-order valence-electron chi connectivity index (χ3n) is 1.88. The minimum Gasteiger partial charge on any atom is -0.481 e. The molecule has 6 nitrogen and oxygen atoms in total. The topological polar surface area (TPSA) is 94.9 Å². The first-order valence-electron chi connectivity index (χ1n) is 4.93. The summed E-state index contributed by atoms with van der Waals surface area (Å²) in [4.78, 5) is 10.2. The number of aliphatic carboxylic acids is 1. The second kappa shape index (κ2) is 5.60. The summed E-state index contributed by atoms with van der Waals surface area (Å²) in [7, 11) is -2.11. The molecule has 7 heteroatoms. The van der Waals surface area contributed by atoms with Crippen LogP contribution >= 0.6 is 0 Å². The second-order valence-electron chi connectivity index (χ2n) is 4.38. The molecule has 0 saturated carbocycles. The fraction of sp³-hybridized carbons (Fsp3) is 0.889. The lowest BCUT2D eigenvalue weighted by Crippen LogP contribution is -2.40. The number of nitrogens with zero attached hydrogens (tertiary/aromatic N) is 1. The number of hydrogen-bond donors (Lipinski definition) is 2. The fourth-order valence-electron chi connectivity index (χ4n) is 1.20. The minimum atomic E-state index is -3.48. The van der Waals surface area contributed by atoms with Crippen molar-refractivity contribution in [2.45, 2.75) is 32.3 Å². The van der Waals surface area contributed by atoms with Crippen LogP contribution in [0.2, 0.25) is 0 Å². The van der Waals surface area contributed by atoms with Gasteiger partial charge in [-0.2, -0.15) is 0 Å². The number of likely N-dealkylation sites (N-methyl/N-ethyl adjacent to an activating group) is 1. The molecule has 0 aliphatic rings. The smallest absolute Gasteiger partial charge is 0.303 e. The van der Waals surface area contributed by atoms with E-state index in [4.69, 9.17) is 5.11 Å². The number of carboxylic acids is 1. The Morgan fingerprint density at radius 1 is 1.38 bits per heavy atom. The van der Waals surface area contributed by atoms with Crippen molar-refractivity contribution in [1.82, 2.24) is 4.31 Å². The van der Waals surface area contributed by atoms with Gasteiger partial charge in [0.2, 0.25) is 10.0 Å². The first-order chi connectivity index (χ1) is 7.04. The van der Waals surface area contributed by atoms with Crippen molar-refractivity contribution in [2.24, 2.45) is 0 Å². The Balaban J connectivity index is 4.27. The highest BCUT2D eigenvalue weighted by molar-refractivity contribution is 7.89. The Bertz CT molecular complexity index is 330. The predicted octanol–water partition coefficient (Wildman–Crippen LogP) is -0.116. The second-order valence-corrected chi connectivity index (χ2v) is 6.58. The van der Waals surface area contributed by atoms with Gasteiger partial charge in [-0.05, 0) is 20.3 Å². The average Bonchev–Trinajstić information content (AvgIpc) is 1.99. The van der Waals surface area contributed by atoms with Crippen LogP contribution in [-0.4, -0.2) is 53.9 Å². The molecule has 0 amide bonds. The molecule has 0 saturated heterocycles. The lowest BCUT2D eigenvalue weighted by atomic mass is 10.1. The van der Waals surface area contributed by atoms with Crippen LogP contribution in [0.15, 0.2) is 0 Å². The third-order valence-corrected chi connectivity index (χ3v) is 3.76. The van der Waals surface area contributed by atoms with Crippen LogP contribution in [-0.2, 0) is 14.8 Å². The van der Waals surface area contributed by atoms with Gasteiger partial charge < -0.3 is 10.2 Å². The average molecular weight is 253 g/mol. The first kappa shape index (κ1) is 15.3. The van der Waals surface area contributed by atoms with Crippen molar-refractivity contribution in [3.05, 3.63) is 0 Å². The maximum absolute atomic E-state index is 11.6. The summed E-state index contributed by atoms with van der Waals surface area (Å²) in [6.07, 6.45) is -0.0938. The minimum absolute atomic E-state index is 0.0115.